The van der Waals surface area contributed by atoms with Crippen molar-refractivity contribution < 1.29 is 4.42 Å². The number of H-pyrrole nitrogens is 1. The van der Waals surface area contributed by atoms with Crippen LogP contribution in [-0.2, 0) is 6.42 Å². The molecule has 9 heteroatoms. The van der Waals surface area contributed by atoms with E-state index in [0.717, 1.165) is 69.1 Å². The van der Waals surface area contributed by atoms with Crippen molar-refractivity contribution >= 4 is 22.0 Å². The molecule has 216 valence electrons. The summed E-state index contributed by atoms with van der Waals surface area (Å²) < 4.78 is 6.15. The summed E-state index contributed by atoms with van der Waals surface area (Å²) in [6.45, 7) is 14.8. The number of benzene rings is 1. The number of hydrogen-bond donors (Lipinski definition) is 2. The number of piperazine rings is 2. The Labute approximate surface area is 234 Å². The Morgan fingerprint density at radius 1 is 0.846 bits per heavy atom. The SMILES string of the molecule is CN1CCC(c2c[nH]c3ccc4oc(CCN5CCN(C)CC5)nc4c23)CC1.CN1CCN(CCCN)CC1. The van der Waals surface area contributed by atoms with Gasteiger partial charge in [0.1, 0.15) is 5.52 Å². The van der Waals surface area contributed by atoms with Crippen LogP contribution in [0.1, 0.15) is 36.6 Å². The summed E-state index contributed by atoms with van der Waals surface area (Å²) in [6.07, 6.45) is 6.66. The summed E-state index contributed by atoms with van der Waals surface area (Å²) in [7, 11) is 6.59. The van der Waals surface area contributed by atoms with Crippen LogP contribution in [0.25, 0.3) is 22.0 Å². The number of nitrogens with zero attached hydrogens (tertiary/aromatic N) is 6. The fourth-order valence-corrected chi connectivity index (χ4v) is 6.14. The standard InChI is InChI=1S/C22H31N5O.C8H19N3/c1-25-8-5-16(6-9-25)17-15-23-18-3-4-19-22(21(17)18)24-20(28-19)7-10-27-13-11-26(2)12-14-27;1-10-5-7-11(8-6-10)4-2-3-9/h3-4,15-16,23H,5-14H2,1-2H3;2-9H2,1H3. The first kappa shape index (κ1) is 28.5. The molecule has 9 nitrogen and oxygen atoms in total. The number of nitrogens with two attached hydrogens (primary N) is 1. The zero-order chi connectivity index (χ0) is 27.2. The van der Waals surface area contributed by atoms with Crippen LogP contribution in [0.15, 0.2) is 22.7 Å². The summed E-state index contributed by atoms with van der Waals surface area (Å²) in [5.74, 6) is 1.48. The highest BCUT2D eigenvalue weighted by molar-refractivity contribution is 6.04. The minimum absolute atomic E-state index is 0.612. The van der Waals surface area contributed by atoms with Crippen LogP contribution in [0.2, 0.25) is 0 Å². The molecule has 0 saturated carbocycles. The Bertz CT molecular complexity index is 1150. The largest absolute Gasteiger partial charge is 0.441 e. The highest BCUT2D eigenvalue weighted by Gasteiger charge is 2.23. The molecular formula is C30H50N8O. The molecule has 3 aliphatic heterocycles. The molecule has 0 spiro atoms. The molecule has 3 aromatic rings. The van der Waals surface area contributed by atoms with Crippen LogP contribution in [0.3, 0.4) is 0 Å². The molecule has 3 fully saturated rings. The molecule has 5 heterocycles. The molecule has 0 unspecified atom stereocenters. The molecule has 1 aromatic carbocycles. The van der Waals surface area contributed by atoms with Crippen LogP contribution in [0.5, 0.6) is 0 Å². The first-order chi connectivity index (χ1) is 19.0. The van der Waals surface area contributed by atoms with Crippen molar-refractivity contribution in [2.45, 2.75) is 31.6 Å². The van der Waals surface area contributed by atoms with E-state index < -0.39 is 0 Å². The van der Waals surface area contributed by atoms with E-state index in [1.54, 1.807) is 0 Å². The van der Waals surface area contributed by atoms with E-state index in [4.69, 9.17) is 15.1 Å². The average molecular weight is 539 g/mol. The van der Waals surface area contributed by atoms with E-state index in [2.05, 4.69) is 69.0 Å². The third kappa shape index (κ3) is 7.39. The van der Waals surface area contributed by atoms with E-state index in [9.17, 15) is 0 Å². The molecule has 2 aromatic heterocycles. The van der Waals surface area contributed by atoms with Crippen LogP contribution in [0.4, 0.5) is 0 Å². The molecule has 6 rings (SSSR count). The van der Waals surface area contributed by atoms with Gasteiger partial charge in [-0.25, -0.2) is 4.98 Å². The smallest absolute Gasteiger partial charge is 0.196 e. The highest BCUT2D eigenvalue weighted by Crippen LogP contribution is 2.36. The first-order valence-electron chi connectivity index (χ1n) is 15.1. The average Bonchev–Trinajstić information content (AvgIpc) is 3.57. The lowest BCUT2D eigenvalue weighted by Crippen LogP contribution is -2.45. The van der Waals surface area contributed by atoms with Gasteiger partial charge < -0.3 is 39.6 Å². The number of aromatic nitrogens is 2. The van der Waals surface area contributed by atoms with Crippen molar-refractivity contribution in [2.24, 2.45) is 5.73 Å². The second-order valence-electron chi connectivity index (χ2n) is 11.9. The maximum atomic E-state index is 6.15. The number of hydrogen-bond acceptors (Lipinski definition) is 8. The van der Waals surface area contributed by atoms with Crippen molar-refractivity contribution in [1.82, 2.24) is 34.5 Å². The Morgan fingerprint density at radius 3 is 2.10 bits per heavy atom. The Morgan fingerprint density at radius 2 is 1.46 bits per heavy atom. The second kappa shape index (κ2) is 13.6. The number of rotatable bonds is 7. The Balaban J connectivity index is 0.000000237. The van der Waals surface area contributed by atoms with E-state index in [1.807, 2.05) is 0 Å². The minimum atomic E-state index is 0.612. The maximum absolute atomic E-state index is 6.15. The summed E-state index contributed by atoms with van der Waals surface area (Å²) >= 11 is 0. The molecule has 0 amide bonds. The zero-order valence-electron chi connectivity index (χ0n) is 24.5. The number of nitrogens with one attached hydrogen (secondary N) is 1. The van der Waals surface area contributed by atoms with Crippen molar-refractivity contribution in [2.75, 3.05) is 106 Å². The van der Waals surface area contributed by atoms with Gasteiger partial charge in [-0.05, 0) is 90.2 Å². The van der Waals surface area contributed by atoms with Gasteiger partial charge >= 0.3 is 0 Å². The molecule has 39 heavy (non-hydrogen) atoms. The van der Waals surface area contributed by atoms with Crippen LogP contribution in [0, 0.1) is 0 Å². The van der Waals surface area contributed by atoms with Crippen LogP contribution in [-0.4, -0.2) is 141 Å². The third-order valence-corrected chi connectivity index (χ3v) is 8.95. The number of aromatic amines is 1. The fraction of sp³-hybridized carbons (Fsp3) is 0.700. The van der Waals surface area contributed by atoms with Crippen molar-refractivity contribution in [3.63, 3.8) is 0 Å². The van der Waals surface area contributed by atoms with Gasteiger partial charge in [-0.1, -0.05) is 0 Å². The molecule has 0 bridgehead atoms. The minimum Gasteiger partial charge on any atom is -0.441 e. The van der Waals surface area contributed by atoms with Gasteiger partial charge in [0.05, 0.1) is 0 Å². The third-order valence-electron chi connectivity index (χ3n) is 8.95. The fourth-order valence-electron chi connectivity index (χ4n) is 6.14. The lowest BCUT2D eigenvalue weighted by atomic mass is 9.89. The van der Waals surface area contributed by atoms with Gasteiger partial charge in [0, 0.05) is 82.4 Å². The number of likely N-dealkylation sites (tertiary alicyclic amines) is 1. The van der Waals surface area contributed by atoms with Gasteiger partial charge in [0.25, 0.3) is 0 Å². The Hall–Kier alpha value is -2.01. The molecule has 0 aliphatic carbocycles. The number of likely N-dealkylation sites (N-methyl/N-ethyl adjacent to an activating group) is 2. The molecule has 3 aliphatic rings. The number of fused-ring (bicyclic) bond motifs is 3. The van der Waals surface area contributed by atoms with Crippen molar-refractivity contribution in [3.8, 4) is 0 Å². The maximum Gasteiger partial charge on any atom is 0.196 e. The van der Waals surface area contributed by atoms with Crippen molar-refractivity contribution in [1.29, 1.82) is 0 Å². The van der Waals surface area contributed by atoms with Gasteiger partial charge in [0.2, 0.25) is 0 Å². The van der Waals surface area contributed by atoms with E-state index >= 15 is 0 Å². The van der Waals surface area contributed by atoms with E-state index in [1.165, 1.54) is 75.1 Å². The summed E-state index contributed by atoms with van der Waals surface area (Å²) in [4.78, 5) is 20.6. The van der Waals surface area contributed by atoms with E-state index in [-0.39, 0.29) is 0 Å². The van der Waals surface area contributed by atoms with E-state index in [0.29, 0.717) is 5.92 Å². The summed E-state index contributed by atoms with van der Waals surface area (Å²) in [5, 5.41) is 1.28. The van der Waals surface area contributed by atoms with Gasteiger partial charge in [-0.2, -0.15) is 0 Å². The zero-order valence-corrected chi connectivity index (χ0v) is 24.5. The predicted molar refractivity (Wildman–Crippen MR) is 161 cm³/mol. The lowest BCUT2D eigenvalue weighted by Gasteiger charge is -2.32. The Kier molecular flexibility index (Phi) is 9.92. The lowest BCUT2D eigenvalue weighted by molar-refractivity contribution is 0.153. The van der Waals surface area contributed by atoms with Crippen LogP contribution < -0.4 is 5.73 Å². The second-order valence-corrected chi connectivity index (χ2v) is 11.9. The number of piperidine rings is 1. The first-order valence-corrected chi connectivity index (χ1v) is 15.1. The van der Waals surface area contributed by atoms with Crippen molar-refractivity contribution in [3.05, 3.63) is 29.8 Å². The predicted octanol–water partition coefficient (Wildman–Crippen LogP) is 2.49. The van der Waals surface area contributed by atoms with Gasteiger partial charge in [0.15, 0.2) is 11.5 Å². The molecule has 0 radical (unpaired) electrons. The molecule has 3 saturated heterocycles. The van der Waals surface area contributed by atoms with Gasteiger partial charge in [-0.15, -0.1) is 0 Å². The molecule has 0 atom stereocenters. The van der Waals surface area contributed by atoms with Crippen LogP contribution >= 0.6 is 0 Å². The normalized spacial score (nSPS) is 21.5. The summed E-state index contributed by atoms with van der Waals surface area (Å²) in [5.41, 5.74) is 10.0. The monoisotopic (exact) mass is 538 g/mol. The molecule has 3 N–H and O–H groups in total. The summed E-state index contributed by atoms with van der Waals surface area (Å²) in [6, 6.07) is 4.21. The number of oxazole rings is 1. The van der Waals surface area contributed by atoms with Gasteiger partial charge in [-0.3, -0.25) is 0 Å². The topological polar surface area (TPSA) is 84.0 Å². The quantitative estimate of drug-likeness (QED) is 0.475. The molecular weight excluding hydrogens is 488 g/mol. The highest BCUT2D eigenvalue weighted by atomic mass is 16.3.